The van der Waals surface area contributed by atoms with Crippen molar-refractivity contribution in [3.05, 3.63) is 22.6 Å². The quantitative estimate of drug-likeness (QED) is 0.887. The molecule has 5 nitrogen and oxygen atoms in total. The number of H-pyrrole nitrogens is 1. The van der Waals surface area contributed by atoms with Crippen LogP contribution in [-0.4, -0.2) is 34.7 Å². The second kappa shape index (κ2) is 4.36. The van der Waals surface area contributed by atoms with Crippen LogP contribution in [-0.2, 0) is 4.74 Å². The van der Waals surface area contributed by atoms with Crippen LogP contribution >= 0.6 is 15.9 Å². The molecule has 3 heterocycles. The summed E-state index contributed by atoms with van der Waals surface area (Å²) in [6, 6.07) is 2.22. The number of nitrogens with zero attached hydrogens (tertiary/aromatic N) is 2. The number of aromatic amines is 1. The molecule has 3 rings (SSSR count). The van der Waals surface area contributed by atoms with Gasteiger partial charge in [-0.1, -0.05) is 0 Å². The maximum Gasteiger partial charge on any atom is 0.177 e. The smallest absolute Gasteiger partial charge is 0.177 e. The fourth-order valence-corrected chi connectivity index (χ4v) is 2.48. The van der Waals surface area contributed by atoms with Crippen LogP contribution in [0.5, 0.6) is 0 Å². The van der Waals surface area contributed by atoms with Gasteiger partial charge in [-0.3, -0.25) is 0 Å². The number of pyridine rings is 1. The molecule has 0 aliphatic carbocycles. The van der Waals surface area contributed by atoms with Gasteiger partial charge in [0, 0.05) is 24.3 Å². The molecule has 1 fully saturated rings. The number of fused-ring (bicyclic) bond motifs is 1. The predicted molar refractivity (Wildman–Crippen MR) is 67.7 cm³/mol. The number of hydrogen-bond donors (Lipinski definition) is 2. The SMILES string of the molecule is COC1CNC(c2nc3ncc(Br)cc3[nH]2)C1. The third-order valence-electron chi connectivity index (χ3n) is 3.08. The van der Waals surface area contributed by atoms with Crippen molar-refractivity contribution in [2.75, 3.05) is 13.7 Å². The zero-order valence-electron chi connectivity index (χ0n) is 9.40. The summed E-state index contributed by atoms with van der Waals surface area (Å²) in [6.07, 6.45) is 2.97. The molecule has 0 aromatic carbocycles. The van der Waals surface area contributed by atoms with Crippen molar-refractivity contribution in [2.24, 2.45) is 0 Å². The maximum absolute atomic E-state index is 5.33. The van der Waals surface area contributed by atoms with Gasteiger partial charge in [0.05, 0.1) is 17.7 Å². The Morgan fingerprint density at radius 1 is 1.53 bits per heavy atom. The van der Waals surface area contributed by atoms with Gasteiger partial charge in [-0.05, 0) is 28.4 Å². The van der Waals surface area contributed by atoms with Crippen LogP contribution in [0.15, 0.2) is 16.7 Å². The van der Waals surface area contributed by atoms with E-state index >= 15 is 0 Å². The van der Waals surface area contributed by atoms with Crippen molar-refractivity contribution < 1.29 is 4.74 Å². The summed E-state index contributed by atoms with van der Waals surface area (Å²) >= 11 is 3.40. The molecular weight excluding hydrogens is 284 g/mol. The van der Waals surface area contributed by atoms with Crippen molar-refractivity contribution in [3.8, 4) is 0 Å². The number of halogens is 1. The van der Waals surface area contributed by atoms with Gasteiger partial charge in [0.2, 0.25) is 0 Å². The minimum atomic E-state index is 0.230. The first-order valence-electron chi connectivity index (χ1n) is 5.53. The monoisotopic (exact) mass is 296 g/mol. The first kappa shape index (κ1) is 11.1. The normalized spacial score (nSPS) is 24.6. The van der Waals surface area contributed by atoms with Gasteiger partial charge in [-0.2, -0.15) is 0 Å². The average molecular weight is 297 g/mol. The van der Waals surface area contributed by atoms with Crippen molar-refractivity contribution >= 4 is 27.1 Å². The molecule has 2 aromatic heterocycles. The van der Waals surface area contributed by atoms with E-state index in [4.69, 9.17) is 4.74 Å². The van der Waals surface area contributed by atoms with Crippen LogP contribution in [0.25, 0.3) is 11.2 Å². The molecule has 2 aromatic rings. The lowest BCUT2D eigenvalue weighted by Crippen LogP contribution is -2.16. The zero-order valence-corrected chi connectivity index (χ0v) is 11.0. The topological polar surface area (TPSA) is 62.8 Å². The highest BCUT2D eigenvalue weighted by atomic mass is 79.9. The highest BCUT2D eigenvalue weighted by Crippen LogP contribution is 2.24. The molecule has 0 radical (unpaired) electrons. The molecule has 1 aliphatic rings. The molecule has 2 N–H and O–H groups in total. The Morgan fingerprint density at radius 3 is 3.18 bits per heavy atom. The molecule has 6 heteroatoms. The van der Waals surface area contributed by atoms with E-state index in [1.54, 1.807) is 13.3 Å². The lowest BCUT2D eigenvalue weighted by Gasteiger charge is -2.05. The molecule has 0 saturated carbocycles. The number of rotatable bonds is 2. The van der Waals surface area contributed by atoms with Crippen LogP contribution in [0.1, 0.15) is 18.3 Å². The number of hydrogen-bond acceptors (Lipinski definition) is 4. The van der Waals surface area contributed by atoms with Gasteiger partial charge in [-0.25, -0.2) is 9.97 Å². The number of imidazole rings is 1. The van der Waals surface area contributed by atoms with Gasteiger partial charge < -0.3 is 15.0 Å². The van der Waals surface area contributed by atoms with Gasteiger partial charge in [0.15, 0.2) is 5.65 Å². The Morgan fingerprint density at radius 2 is 2.41 bits per heavy atom. The molecular formula is C11H13BrN4O. The number of aromatic nitrogens is 3. The fourth-order valence-electron chi connectivity index (χ4n) is 2.15. The second-order valence-electron chi connectivity index (χ2n) is 4.20. The maximum atomic E-state index is 5.33. The molecule has 90 valence electrons. The third kappa shape index (κ3) is 2.08. The lowest BCUT2D eigenvalue weighted by atomic mass is 10.2. The summed E-state index contributed by atoms with van der Waals surface area (Å²) in [7, 11) is 1.74. The van der Waals surface area contributed by atoms with E-state index in [1.165, 1.54) is 0 Å². The van der Waals surface area contributed by atoms with Crippen LogP contribution in [0.4, 0.5) is 0 Å². The van der Waals surface area contributed by atoms with Crippen LogP contribution in [0.2, 0.25) is 0 Å². The highest BCUT2D eigenvalue weighted by Gasteiger charge is 2.27. The second-order valence-corrected chi connectivity index (χ2v) is 5.12. The lowest BCUT2D eigenvalue weighted by molar-refractivity contribution is 0.117. The standard InChI is InChI=1S/C11H13BrN4O/c1-17-7-3-8(13-5-7)11-15-9-2-6(12)4-14-10(9)16-11/h2,4,7-8,13H,3,5H2,1H3,(H,14,15,16). The summed E-state index contributed by atoms with van der Waals surface area (Å²) < 4.78 is 6.28. The Balaban J connectivity index is 1.91. The Bertz CT molecular complexity index is 541. The van der Waals surface area contributed by atoms with E-state index in [9.17, 15) is 0 Å². The van der Waals surface area contributed by atoms with Gasteiger partial charge in [-0.15, -0.1) is 0 Å². The van der Waals surface area contributed by atoms with E-state index in [2.05, 4.69) is 36.2 Å². The highest BCUT2D eigenvalue weighted by molar-refractivity contribution is 9.10. The van der Waals surface area contributed by atoms with Crippen molar-refractivity contribution in [3.63, 3.8) is 0 Å². The summed E-state index contributed by atoms with van der Waals surface area (Å²) in [4.78, 5) is 12.1. The number of methoxy groups -OCH3 is 1. The summed E-state index contributed by atoms with van der Waals surface area (Å²) in [5.41, 5.74) is 1.71. The van der Waals surface area contributed by atoms with Crippen LogP contribution in [0.3, 0.4) is 0 Å². The first-order chi connectivity index (χ1) is 8.26. The van der Waals surface area contributed by atoms with Crippen LogP contribution < -0.4 is 5.32 Å². The van der Waals surface area contributed by atoms with Gasteiger partial charge in [0.1, 0.15) is 5.82 Å². The summed E-state index contributed by atoms with van der Waals surface area (Å²) in [5, 5.41) is 3.39. The summed E-state index contributed by atoms with van der Waals surface area (Å²) in [5.74, 6) is 0.935. The van der Waals surface area contributed by atoms with Crippen molar-refractivity contribution in [1.82, 2.24) is 20.3 Å². The van der Waals surface area contributed by atoms with E-state index in [0.29, 0.717) is 0 Å². The predicted octanol–water partition coefficient (Wildman–Crippen LogP) is 1.77. The third-order valence-corrected chi connectivity index (χ3v) is 3.51. The number of nitrogens with one attached hydrogen (secondary N) is 2. The molecule has 0 spiro atoms. The molecule has 1 aliphatic heterocycles. The Hall–Kier alpha value is -0.980. The van der Waals surface area contributed by atoms with Crippen molar-refractivity contribution in [1.29, 1.82) is 0 Å². The van der Waals surface area contributed by atoms with Crippen LogP contribution in [0, 0.1) is 0 Å². The fraction of sp³-hybridized carbons (Fsp3) is 0.455. The van der Waals surface area contributed by atoms with Crippen molar-refractivity contribution in [2.45, 2.75) is 18.6 Å². The van der Waals surface area contributed by atoms with E-state index < -0.39 is 0 Å². The molecule has 2 unspecified atom stereocenters. The number of ether oxygens (including phenoxy) is 1. The van der Waals surface area contributed by atoms with Gasteiger partial charge >= 0.3 is 0 Å². The molecule has 0 amide bonds. The van der Waals surface area contributed by atoms with E-state index in [0.717, 1.165) is 34.4 Å². The Labute approximate surface area is 107 Å². The Kier molecular flexibility index (Phi) is 2.85. The first-order valence-corrected chi connectivity index (χ1v) is 6.33. The van der Waals surface area contributed by atoms with E-state index in [-0.39, 0.29) is 12.1 Å². The zero-order chi connectivity index (χ0) is 11.8. The largest absolute Gasteiger partial charge is 0.380 e. The minimum absolute atomic E-state index is 0.230. The molecule has 1 saturated heterocycles. The minimum Gasteiger partial charge on any atom is -0.380 e. The molecule has 0 bridgehead atoms. The summed E-state index contributed by atoms with van der Waals surface area (Å²) in [6.45, 7) is 0.870. The average Bonchev–Trinajstić information content (AvgIpc) is 2.93. The van der Waals surface area contributed by atoms with E-state index in [1.807, 2.05) is 6.07 Å². The molecule has 2 atom stereocenters. The molecule has 17 heavy (non-hydrogen) atoms. The van der Waals surface area contributed by atoms with Gasteiger partial charge in [0.25, 0.3) is 0 Å².